The molecule has 0 radical (unpaired) electrons. The Morgan fingerprint density at radius 3 is 2.06 bits per heavy atom. The maximum Gasteiger partial charge on any atom is 0.407 e. The maximum absolute atomic E-state index is 12.6. The van der Waals surface area contributed by atoms with Crippen molar-refractivity contribution in [2.75, 3.05) is 18.6 Å². The van der Waals surface area contributed by atoms with Crippen LogP contribution in [0.2, 0.25) is 0 Å². The van der Waals surface area contributed by atoms with Crippen LogP contribution in [0.25, 0.3) is 11.1 Å². The molecule has 182 valence electrons. The second-order valence-electron chi connectivity index (χ2n) is 8.33. The number of nitrogens with one attached hydrogen (secondary N) is 2. The Hall–Kier alpha value is -3.40. The Bertz CT molecular complexity index is 1130. The zero-order valence-corrected chi connectivity index (χ0v) is 19.8. The Morgan fingerprint density at radius 2 is 1.56 bits per heavy atom. The number of sulfone groups is 1. The summed E-state index contributed by atoms with van der Waals surface area (Å²) in [7, 11) is -3.36. The highest BCUT2D eigenvalue weighted by atomic mass is 32.2. The van der Waals surface area contributed by atoms with Gasteiger partial charge in [0.2, 0.25) is 5.91 Å². The lowest BCUT2D eigenvalue weighted by molar-refractivity contribution is -0.140. The first kappa shape index (κ1) is 25.2. The molecule has 0 saturated heterocycles. The number of rotatable bonds is 10. The summed E-state index contributed by atoms with van der Waals surface area (Å²) in [5, 5.41) is 14.0. The fourth-order valence-electron chi connectivity index (χ4n) is 4.10. The highest BCUT2D eigenvalue weighted by molar-refractivity contribution is 7.90. The second kappa shape index (κ2) is 10.7. The van der Waals surface area contributed by atoms with Crippen LogP contribution in [0.1, 0.15) is 36.8 Å². The van der Waals surface area contributed by atoms with Crippen molar-refractivity contribution >= 4 is 27.8 Å². The summed E-state index contributed by atoms with van der Waals surface area (Å²) in [4.78, 5) is 36.4. The van der Waals surface area contributed by atoms with E-state index in [1.165, 1.54) is 0 Å². The predicted octanol–water partition coefficient (Wildman–Crippen LogP) is 2.31. The molecule has 0 spiro atoms. The third-order valence-corrected chi connectivity index (χ3v) is 6.68. The van der Waals surface area contributed by atoms with Crippen molar-refractivity contribution in [1.29, 1.82) is 0 Å². The second-order valence-corrected chi connectivity index (χ2v) is 10.5. The summed E-state index contributed by atoms with van der Waals surface area (Å²) >= 11 is 0. The lowest BCUT2D eigenvalue weighted by atomic mass is 9.98. The summed E-state index contributed by atoms with van der Waals surface area (Å²) < 4.78 is 28.5. The van der Waals surface area contributed by atoms with Gasteiger partial charge in [-0.3, -0.25) is 9.59 Å². The summed E-state index contributed by atoms with van der Waals surface area (Å²) in [6.45, 7) is 1.70. The molecule has 1 aliphatic carbocycles. The van der Waals surface area contributed by atoms with Crippen LogP contribution in [0.4, 0.5) is 4.79 Å². The fourth-order valence-corrected chi connectivity index (χ4v) is 5.14. The van der Waals surface area contributed by atoms with Crippen molar-refractivity contribution in [2.45, 2.75) is 37.8 Å². The maximum atomic E-state index is 12.6. The summed E-state index contributed by atoms with van der Waals surface area (Å²) in [6, 6.07) is 13.5. The SMILES string of the molecule is CCC(CS(C)(=O)=O)NC(=O)C(CC(=O)O)NC(=O)OCC1c2ccccc2-c2ccccc21. The van der Waals surface area contributed by atoms with E-state index in [9.17, 15) is 27.9 Å². The predicted molar refractivity (Wildman–Crippen MR) is 126 cm³/mol. The van der Waals surface area contributed by atoms with E-state index in [-0.39, 0.29) is 18.3 Å². The molecule has 2 aromatic carbocycles. The zero-order chi connectivity index (χ0) is 24.9. The average molecular weight is 489 g/mol. The zero-order valence-electron chi connectivity index (χ0n) is 19.0. The van der Waals surface area contributed by atoms with E-state index in [1.807, 2.05) is 48.5 Å². The van der Waals surface area contributed by atoms with Crippen LogP contribution >= 0.6 is 0 Å². The summed E-state index contributed by atoms with van der Waals surface area (Å²) in [5.41, 5.74) is 4.16. The van der Waals surface area contributed by atoms with Crippen LogP contribution < -0.4 is 10.6 Å². The molecule has 2 aromatic rings. The fraction of sp³-hybridized carbons (Fsp3) is 0.375. The van der Waals surface area contributed by atoms with Crippen LogP contribution in [0, 0.1) is 0 Å². The minimum atomic E-state index is -3.36. The highest BCUT2D eigenvalue weighted by Crippen LogP contribution is 2.44. The van der Waals surface area contributed by atoms with Crippen LogP contribution in [0.15, 0.2) is 48.5 Å². The molecule has 0 fully saturated rings. The monoisotopic (exact) mass is 488 g/mol. The first-order valence-corrected chi connectivity index (χ1v) is 13.0. The van der Waals surface area contributed by atoms with Crippen LogP contribution in [0.5, 0.6) is 0 Å². The average Bonchev–Trinajstić information content (AvgIpc) is 3.09. The largest absolute Gasteiger partial charge is 0.481 e. The van der Waals surface area contributed by atoms with E-state index < -0.39 is 46.3 Å². The lowest BCUT2D eigenvalue weighted by Crippen LogP contribution is -2.51. The molecule has 3 rings (SSSR count). The third-order valence-electron chi connectivity index (χ3n) is 5.67. The number of benzene rings is 2. The summed E-state index contributed by atoms with van der Waals surface area (Å²) in [5.74, 6) is -2.56. The van der Waals surface area contributed by atoms with E-state index in [0.29, 0.717) is 6.42 Å². The van der Waals surface area contributed by atoms with Gasteiger partial charge in [-0.25, -0.2) is 13.2 Å². The molecule has 0 bridgehead atoms. The van der Waals surface area contributed by atoms with Gasteiger partial charge in [0, 0.05) is 18.2 Å². The highest BCUT2D eigenvalue weighted by Gasteiger charge is 2.31. The number of amides is 2. The van der Waals surface area contributed by atoms with Gasteiger partial charge < -0.3 is 20.5 Å². The minimum Gasteiger partial charge on any atom is -0.481 e. The van der Waals surface area contributed by atoms with Gasteiger partial charge in [-0.1, -0.05) is 55.5 Å². The van der Waals surface area contributed by atoms with Crippen molar-refractivity contribution < 1.29 is 32.6 Å². The van der Waals surface area contributed by atoms with Gasteiger partial charge in [-0.05, 0) is 28.7 Å². The van der Waals surface area contributed by atoms with Gasteiger partial charge in [0.05, 0.1) is 12.2 Å². The molecule has 9 nitrogen and oxygen atoms in total. The molecule has 2 amide bonds. The molecule has 34 heavy (non-hydrogen) atoms. The molecule has 0 heterocycles. The number of fused-ring (bicyclic) bond motifs is 3. The molecular formula is C24H28N2O7S. The third kappa shape index (κ3) is 6.34. The van der Waals surface area contributed by atoms with E-state index >= 15 is 0 Å². The normalized spacial score (nSPS) is 14.4. The molecule has 10 heteroatoms. The van der Waals surface area contributed by atoms with Gasteiger partial charge in [-0.2, -0.15) is 0 Å². The Balaban J connectivity index is 1.66. The van der Waals surface area contributed by atoms with Crippen molar-refractivity contribution in [3.05, 3.63) is 59.7 Å². The molecule has 0 aliphatic heterocycles. The number of carbonyl (C=O) groups is 3. The number of carbonyl (C=O) groups excluding carboxylic acids is 2. The summed E-state index contributed by atoms with van der Waals surface area (Å²) in [6.07, 6.45) is -0.236. The number of alkyl carbamates (subject to hydrolysis) is 1. The molecule has 0 saturated carbocycles. The Labute approximate surface area is 198 Å². The molecule has 2 unspecified atom stereocenters. The van der Waals surface area contributed by atoms with E-state index in [4.69, 9.17) is 4.74 Å². The molecular weight excluding hydrogens is 460 g/mol. The van der Waals surface area contributed by atoms with Crippen LogP contribution in [-0.4, -0.2) is 62.2 Å². The topological polar surface area (TPSA) is 139 Å². The minimum absolute atomic E-state index is 0.00688. The molecule has 1 aliphatic rings. The number of carboxylic acids is 1. The van der Waals surface area contributed by atoms with E-state index in [1.54, 1.807) is 6.92 Å². The number of aliphatic carboxylic acids is 1. The van der Waals surface area contributed by atoms with Gasteiger partial charge in [0.1, 0.15) is 22.5 Å². The van der Waals surface area contributed by atoms with Crippen molar-refractivity contribution in [2.24, 2.45) is 0 Å². The molecule has 2 atom stereocenters. The first-order valence-electron chi connectivity index (χ1n) is 10.9. The van der Waals surface area contributed by atoms with Crippen molar-refractivity contribution in [3.8, 4) is 11.1 Å². The number of hydrogen-bond donors (Lipinski definition) is 3. The first-order chi connectivity index (χ1) is 16.1. The van der Waals surface area contributed by atoms with Gasteiger partial charge >= 0.3 is 12.1 Å². The number of carboxylic acid groups (broad SMARTS) is 1. The molecule has 3 N–H and O–H groups in total. The Kier molecular flexibility index (Phi) is 7.93. The van der Waals surface area contributed by atoms with Crippen LogP contribution in [-0.2, 0) is 24.2 Å². The standard InChI is InChI=1S/C24H28N2O7S/c1-3-15(14-34(2,31)32)25-23(29)21(12-22(27)28)26-24(30)33-13-20-18-10-6-4-8-16(18)17-9-5-7-11-19(17)20/h4-11,15,20-21H,3,12-14H2,1-2H3,(H,25,29)(H,26,30)(H,27,28). The van der Waals surface area contributed by atoms with Crippen molar-refractivity contribution in [1.82, 2.24) is 10.6 Å². The number of ether oxygens (including phenoxy) is 1. The van der Waals surface area contributed by atoms with E-state index in [2.05, 4.69) is 10.6 Å². The van der Waals surface area contributed by atoms with Crippen LogP contribution in [0.3, 0.4) is 0 Å². The van der Waals surface area contributed by atoms with Gasteiger partial charge in [0.25, 0.3) is 0 Å². The smallest absolute Gasteiger partial charge is 0.407 e. The van der Waals surface area contributed by atoms with Crippen molar-refractivity contribution in [3.63, 3.8) is 0 Å². The molecule has 0 aromatic heterocycles. The Morgan fingerprint density at radius 1 is 1.00 bits per heavy atom. The quantitative estimate of drug-likeness (QED) is 0.466. The lowest BCUT2D eigenvalue weighted by Gasteiger charge is -2.22. The van der Waals surface area contributed by atoms with Gasteiger partial charge in [0.15, 0.2) is 0 Å². The van der Waals surface area contributed by atoms with E-state index in [0.717, 1.165) is 28.5 Å². The number of hydrogen-bond acceptors (Lipinski definition) is 6. The van der Waals surface area contributed by atoms with Gasteiger partial charge in [-0.15, -0.1) is 0 Å².